The van der Waals surface area contributed by atoms with Crippen LogP contribution in [0.1, 0.15) is 27.2 Å². The second-order valence-corrected chi connectivity index (χ2v) is 5.06. The first kappa shape index (κ1) is 16.2. The molecule has 0 saturated carbocycles. The zero-order valence-electron chi connectivity index (χ0n) is 10.7. The molecule has 100 valence electrons. The van der Waals surface area contributed by atoms with Gasteiger partial charge in [0.05, 0.1) is 6.61 Å². The smallest absolute Gasteiger partial charge is 0.323 e. The third kappa shape index (κ3) is 9.00. The van der Waals surface area contributed by atoms with Crippen molar-refractivity contribution >= 4 is 23.6 Å². The number of carbonyl (C=O) groups excluding carboxylic acids is 2. The number of ether oxygens (including phenoxy) is 1. The molecule has 0 spiro atoms. The van der Waals surface area contributed by atoms with E-state index in [1.54, 1.807) is 6.92 Å². The Balaban J connectivity index is 3.57. The monoisotopic (exact) mass is 262 g/mol. The van der Waals surface area contributed by atoms with Crippen molar-refractivity contribution in [3.63, 3.8) is 0 Å². The van der Waals surface area contributed by atoms with Crippen LogP contribution >= 0.6 is 11.8 Å². The summed E-state index contributed by atoms with van der Waals surface area (Å²) in [4.78, 5) is 22.5. The lowest BCUT2D eigenvalue weighted by molar-refractivity contribution is -0.144. The van der Waals surface area contributed by atoms with E-state index in [0.29, 0.717) is 24.5 Å². The molecule has 6 heteroatoms. The van der Waals surface area contributed by atoms with Gasteiger partial charge in [-0.2, -0.15) is 11.8 Å². The molecule has 1 atom stereocenters. The highest BCUT2D eigenvalue weighted by atomic mass is 32.2. The number of esters is 1. The molecular weight excluding hydrogens is 240 g/mol. The Morgan fingerprint density at radius 2 is 2.06 bits per heavy atom. The van der Waals surface area contributed by atoms with Crippen LogP contribution in [0, 0.1) is 0 Å². The average Bonchev–Trinajstić information content (AvgIpc) is 2.23. The van der Waals surface area contributed by atoms with Gasteiger partial charge in [0.2, 0.25) is 5.91 Å². The largest absolute Gasteiger partial charge is 0.465 e. The van der Waals surface area contributed by atoms with Crippen molar-refractivity contribution in [2.75, 3.05) is 18.1 Å². The fourth-order valence-corrected chi connectivity index (χ4v) is 1.97. The number of nitrogens with two attached hydrogens (primary N) is 1. The lowest BCUT2D eigenvalue weighted by Crippen LogP contribution is -2.35. The van der Waals surface area contributed by atoms with E-state index in [1.807, 2.05) is 13.8 Å². The van der Waals surface area contributed by atoms with E-state index in [1.165, 1.54) is 11.8 Å². The number of amides is 1. The Labute approximate surface area is 107 Å². The van der Waals surface area contributed by atoms with Crippen molar-refractivity contribution in [2.24, 2.45) is 5.73 Å². The first-order valence-electron chi connectivity index (χ1n) is 5.76. The molecule has 0 bridgehead atoms. The second-order valence-electron chi connectivity index (χ2n) is 3.91. The summed E-state index contributed by atoms with van der Waals surface area (Å²) in [5.74, 6) is 0.781. The van der Waals surface area contributed by atoms with Crippen LogP contribution in [0.4, 0.5) is 0 Å². The molecule has 0 radical (unpaired) electrons. The molecule has 0 aromatic heterocycles. The Morgan fingerprint density at radius 3 is 2.59 bits per heavy atom. The van der Waals surface area contributed by atoms with Crippen LogP contribution in [0.15, 0.2) is 0 Å². The molecule has 3 N–H and O–H groups in total. The Morgan fingerprint density at radius 1 is 1.41 bits per heavy atom. The van der Waals surface area contributed by atoms with Crippen molar-refractivity contribution < 1.29 is 14.3 Å². The summed E-state index contributed by atoms with van der Waals surface area (Å²) in [5.41, 5.74) is 5.60. The first-order chi connectivity index (χ1) is 7.97. The van der Waals surface area contributed by atoms with Crippen LogP contribution in [0.25, 0.3) is 0 Å². The predicted molar refractivity (Wildman–Crippen MR) is 69.8 cm³/mol. The lowest BCUT2D eigenvalue weighted by atomic mass is 10.3. The van der Waals surface area contributed by atoms with Gasteiger partial charge in [-0.05, 0) is 20.8 Å². The highest BCUT2D eigenvalue weighted by molar-refractivity contribution is 7.99. The van der Waals surface area contributed by atoms with E-state index in [2.05, 4.69) is 5.32 Å². The maximum atomic E-state index is 11.3. The van der Waals surface area contributed by atoms with Gasteiger partial charge >= 0.3 is 5.97 Å². The summed E-state index contributed by atoms with van der Waals surface area (Å²) < 4.78 is 4.78. The fourth-order valence-electron chi connectivity index (χ4n) is 1.09. The number of nitrogens with one attached hydrogen (secondary N) is 1. The van der Waals surface area contributed by atoms with Crippen LogP contribution in [0.2, 0.25) is 0 Å². The van der Waals surface area contributed by atoms with Gasteiger partial charge in [0, 0.05) is 24.0 Å². The summed E-state index contributed by atoms with van der Waals surface area (Å²) in [7, 11) is 0. The molecular formula is C11H22N2O3S. The zero-order chi connectivity index (χ0) is 13.3. The van der Waals surface area contributed by atoms with Crippen molar-refractivity contribution in [3.05, 3.63) is 0 Å². The van der Waals surface area contributed by atoms with Crippen molar-refractivity contribution in [1.29, 1.82) is 0 Å². The highest BCUT2D eigenvalue weighted by Crippen LogP contribution is 2.05. The maximum Gasteiger partial charge on any atom is 0.323 e. The number of rotatable bonds is 8. The SMILES string of the molecule is CCOC(=O)C(N)CSCCC(=O)NC(C)C. The van der Waals surface area contributed by atoms with Gasteiger partial charge in [0.1, 0.15) is 6.04 Å². The summed E-state index contributed by atoms with van der Waals surface area (Å²) in [6.45, 7) is 5.92. The molecule has 0 aliphatic rings. The Kier molecular flexibility index (Phi) is 8.89. The third-order valence-corrected chi connectivity index (χ3v) is 2.90. The Hall–Kier alpha value is -0.750. The van der Waals surface area contributed by atoms with Gasteiger partial charge in [-0.25, -0.2) is 0 Å². The van der Waals surface area contributed by atoms with E-state index in [4.69, 9.17) is 10.5 Å². The molecule has 1 unspecified atom stereocenters. The van der Waals surface area contributed by atoms with Crippen molar-refractivity contribution in [3.8, 4) is 0 Å². The Bertz CT molecular complexity index is 247. The van der Waals surface area contributed by atoms with Gasteiger partial charge in [-0.3, -0.25) is 9.59 Å². The molecule has 0 aromatic rings. The number of thioether (sulfide) groups is 1. The van der Waals surface area contributed by atoms with Gasteiger partial charge in [0.25, 0.3) is 0 Å². The molecule has 0 rings (SSSR count). The minimum atomic E-state index is -0.604. The summed E-state index contributed by atoms with van der Waals surface area (Å²) in [6, 6.07) is -0.442. The molecule has 0 aliphatic carbocycles. The topological polar surface area (TPSA) is 81.4 Å². The predicted octanol–water partition coefficient (Wildman–Crippen LogP) is 0.525. The van der Waals surface area contributed by atoms with E-state index >= 15 is 0 Å². The van der Waals surface area contributed by atoms with Gasteiger partial charge in [-0.1, -0.05) is 0 Å². The lowest BCUT2D eigenvalue weighted by Gasteiger charge is -2.10. The zero-order valence-corrected chi connectivity index (χ0v) is 11.5. The van der Waals surface area contributed by atoms with Crippen LogP contribution < -0.4 is 11.1 Å². The summed E-state index contributed by atoms with van der Waals surface area (Å²) >= 11 is 1.48. The van der Waals surface area contributed by atoms with Crippen LogP contribution in [0.5, 0.6) is 0 Å². The van der Waals surface area contributed by atoms with Crippen molar-refractivity contribution in [2.45, 2.75) is 39.3 Å². The van der Waals surface area contributed by atoms with Gasteiger partial charge in [-0.15, -0.1) is 0 Å². The van der Waals surface area contributed by atoms with E-state index in [-0.39, 0.29) is 17.9 Å². The normalized spacial score (nSPS) is 12.3. The molecule has 0 aliphatic heterocycles. The second kappa shape index (κ2) is 9.30. The highest BCUT2D eigenvalue weighted by Gasteiger charge is 2.14. The average molecular weight is 262 g/mol. The summed E-state index contributed by atoms with van der Waals surface area (Å²) in [5, 5.41) is 2.80. The van der Waals surface area contributed by atoms with Crippen molar-refractivity contribution in [1.82, 2.24) is 5.32 Å². The summed E-state index contributed by atoms with van der Waals surface area (Å²) in [6.07, 6.45) is 0.443. The van der Waals surface area contributed by atoms with Crippen LogP contribution in [-0.4, -0.2) is 42.1 Å². The van der Waals surface area contributed by atoms with Crippen LogP contribution in [0.3, 0.4) is 0 Å². The van der Waals surface area contributed by atoms with Crippen LogP contribution in [-0.2, 0) is 14.3 Å². The van der Waals surface area contributed by atoms with Gasteiger partial charge < -0.3 is 15.8 Å². The number of hydrogen-bond acceptors (Lipinski definition) is 5. The molecule has 0 fully saturated rings. The maximum absolute atomic E-state index is 11.3. The van der Waals surface area contributed by atoms with Gasteiger partial charge in [0.15, 0.2) is 0 Å². The third-order valence-electron chi connectivity index (χ3n) is 1.81. The fraction of sp³-hybridized carbons (Fsp3) is 0.818. The first-order valence-corrected chi connectivity index (χ1v) is 6.92. The quantitative estimate of drug-likeness (QED) is 0.492. The van der Waals surface area contributed by atoms with E-state index in [9.17, 15) is 9.59 Å². The molecule has 0 heterocycles. The molecule has 5 nitrogen and oxygen atoms in total. The molecule has 0 aromatic carbocycles. The van der Waals surface area contributed by atoms with E-state index < -0.39 is 6.04 Å². The minimum absolute atomic E-state index is 0.0252. The number of carbonyl (C=O) groups is 2. The molecule has 17 heavy (non-hydrogen) atoms. The minimum Gasteiger partial charge on any atom is -0.465 e. The van der Waals surface area contributed by atoms with E-state index in [0.717, 1.165) is 0 Å². The molecule has 1 amide bonds. The molecule has 0 saturated heterocycles. The standard InChI is InChI=1S/C11H22N2O3S/c1-4-16-11(15)9(12)7-17-6-5-10(14)13-8(2)3/h8-9H,4-7,12H2,1-3H3,(H,13,14). The number of hydrogen-bond donors (Lipinski definition) is 2.